The average Bonchev–Trinajstić information content (AvgIpc) is 3.10. The van der Waals surface area contributed by atoms with Crippen molar-refractivity contribution in [3.63, 3.8) is 0 Å². The predicted molar refractivity (Wildman–Crippen MR) is 140 cm³/mol. The molecule has 9 heteroatoms. The van der Waals surface area contributed by atoms with Gasteiger partial charge in [0.1, 0.15) is 5.75 Å². The number of nitrogens with zero attached hydrogens (tertiary/aromatic N) is 2. The standard InChI is InChI=1S/C25H18BrCl2N3O3/c1-15-20(25(33)31(30-15)19-5-3-2-4-6-19)12-16-11-17(26)7-10-23(16)34-14-24(32)29-18-8-9-21(27)22(28)13-18/h2-13H,14H2,1H3,(H,29,32)/b20-12-. The molecule has 0 atom stereocenters. The number of hydrogen-bond donors (Lipinski definition) is 1. The van der Waals surface area contributed by atoms with Crippen LogP contribution < -0.4 is 15.1 Å². The molecule has 1 aliphatic heterocycles. The largest absolute Gasteiger partial charge is 0.483 e. The molecule has 3 aromatic carbocycles. The minimum Gasteiger partial charge on any atom is -0.483 e. The van der Waals surface area contributed by atoms with Crippen LogP contribution in [0, 0.1) is 0 Å². The molecule has 0 aliphatic carbocycles. The molecular weight excluding hydrogens is 541 g/mol. The number of halogens is 3. The molecule has 6 nitrogen and oxygen atoms in total. The van der Waals surface area contributed by atoms with Crippen LogP contribution in [0.3, 0.4) is 0 Å². The van der Waals surface area contributed by atoms with Gasteiger partial charge in [-0.2, -0.15) is 10.1 Å². The predicted octanol–water partition coefficient (Wildman–Crippen LogP) is 6.58. The van der Waals surface area contributed by atoms with E-state index in [9.17, 15) is 9.59 Å². The summed E-state index contributed by atoms with van der Waals surface area (Å²) in [4.78, 5) is 25.4. The second kappa shape index (κ2) is 10.4. The lowest BCUT2D eigenvalue weighted by atomic mass is 10.1. The lowest BCUT2D eigenvalue weighted by Crippen LogP contribution is -2.21. The fraction of sp³-hybridized carbons (Fsp3) is 0.0800. The first kappa shape index (κ1) is 24.0. The number of rotatable bonds is 6. The lowest BCUT2D eigenvalue weighted by molar-refractivity contribution is -0.118. The molecule has 0 aromatic heterocycles. The Bertz CT molecular complexity index is 1330. The third kappa shape index (κ3) is 5.50. The zero-order chi connectivity index (χ0) is 24.2. The fourth-order valence-electron chi connectivity index (χ4n) is 3.26. The quantitative estimate of drug-likeness (QED) is 0.347. The fourth-order valence-corrected chi connectivity index (χ4v) is 3.94. The van der Waals surface area contributed by atoms with Crippen LogP contribution in [0.25, 0.3) is 6.08 Å². The Morgan fingerprint density at radius 1 is 1.09 bits per heavy atom. The Labute approximate surface area is 214 Å². The molecule has 1 aliphatic rings. The molecule has 1 heterocycles. The molecular formula is C25H18BrCl2N3O3. The average molecular weight is 559 g/mol. The Hall–Kier alpha value is -3.13. The van der Waals surface area contributed by atoms with Gasteiger partial charge in [-0.25, -0.2) is 0 Å². The van der Waals surface area contributed by atoms with Crippen LogP contribution in [0.5, 0.6) is 5.75 Å². The van der Waals surface area contributed by atoms with Crippen molar-refractivity contribution < 1.29 is 14.3 Å². The van der Waals surface area contributed by atoms with E-state index in [1.807, 2.05) is 36.4 Å². The number of nitrogens with one attached hydrogen (secondary N) is 1. The second-order valence-corrected chi connectivity index (χ2v) is 9.07. The number of para-hydroxylation sites is 1. The molecule has 172 valence electrons. The Morgan fingerprint density at radius 3 is 2.59 bits per heavy atom. The SMILES string of the molecule is CC1=NN(c2ccccc2)C(=O)/C1=C\c1cc(Br)ccc1OCC(=O)Nc1ccc(Cl)c(Cl)c1. The van der Waals surface area contributed by atoms with E-state index in [1.165, 1.54) is 5.01 Å². The highest BCUT2D eigenvalue weighted by Gasteiger charge is 2.29. The van der Waals surface area contributed by atoms with Gasteiger partial charge in [-0.05, 0) is 61.5 Å². The molecule has 4 rings (SSSR count). The Balaban J connectivity index is 1.51. The van der Waals surface area contributed by atoms with Crippen molar-refractivity contribution in [2.75, 3.05) is 16.9 Å². The van der Waals surface area contributed by atoms with Crippen molar-refractivity contribution in [1.29, 1.82) is 0 Å². The van der Waals surface area contributed by atoms with Crippen molar-refractivity contribution in [2.45, 2.75) is 6.92 Å². The Morgan fingerprint density at radius 2 is 1.85 bits per heavy atom. The van der Waals surface area contributed by atoms with Crippen molar-refractivity contribution in [3.8, 4) is 5.75 Å². The van der Waals surface area contributed by atoms with E-state index in [0.29, 0.717) is 44.0 Å². The van der Waals surface area contributed by atoms with Gasteiger partial charge in [0.25, 0.3) is 11.8 Å². The number of benzene rings is 3. The number of hydrazone groups is 1. The summed E-state index contributed by atoms with van der Waals surface area (Å²) in [5, 5.41) is 9.21. The summed E-state index contributed by atoms with van der Waals surface area (Å²) in [7, 11) is 0. The van der Waals surface area contributed by atoms with Crippen LogP contribution in [0.2, 0.25) is 10.0 Å². The minimum absolute atomic E-state index is 0.241. The van der Waals surface area contributed by atoms with Crippen LogP contribution in [0.15, 0.2) is 81.9 Å². The summed E-state index contributed by atoms with van der Waals surface area (Å²) in [6.07, 6.45) is 1.71. The van der Waals surface area contributed by atoms with E-state index in [2.05, 4.69) is 26.3 Å². The lowest BCUT2D eigenvalue weighted by Gasteiger charge is -2.12. The summed E-state index contributed by atoms with van der Waals surface area (Å²) in [5.74, 6) is -0.171. The summed E-state index contributed by atoms with van der Waals surface area (Å²) in [5.41, 5.74) is 2.83. The van der Waals surface area contributed by atoms with Gasteiger partial charge < -0.3 is 10.1 Å². The number of hydrogen-bond acceptors (Lipinski definition) is 4. The van der Waals surface area contributed by atoms with Crippen molar-refractivity contribution in [2.24, 2.45) is 5.10 Å². The number of carbonyl (C=O) groups excluding carboxylic acids is 2. The molecule has 2 amide bonds. The highest BCUT2D eigenvalue weighted by molar-refractivity contribution is 9.10. The van der Waals surface area contributed by atoms with Gasteiger partial charge in [-0.3, -0.25) is 9.59 Å². The molecule has 34 heavy (non-hydrogen) atoms. The minimum atomic E-state index is -0.371. The highest BCUT2D eigenvalue weighted by Crippen LogP contribution is 2.30. The molecule has 0 saturated carbocycles. The smallest absolute Gasteiger partial charge is 0.280 e. The second-order valence-electron chi connectivity index (χ2n) is 7.34. The Kier molecular flexibility index (Phi) is 7.36. The summed E-state index contributed by atoms with van der Waals surface area (Å²) in [6.45, 7) is 1.53. The first-order valence-corrected chi connectivity index (χ1v) is 11.7. The first-order valence-electron chi connectivity index (χ1n) is 10.2. The molecule has 0 radical (unpaired) electrons. The number of carbonyl (C=O) groups is 2. The molecule has 1 N–H and O–H groups in total. The van der Waals surface area contributed by atoms with Gasteiger partial charge in [0.2, 0.25) is 0 Å². The summed E-state index contributed by atoms with van der Waals surface area (Å²) < 4.78 is 6.57. The van der Waals surface area contributed by atoms with E-state index in [4.69, 9.17) is 27.9 Å². The number of anilines is 2. The first-order chi connectivity index (χ1) is 16.3. The van der Waals surface area contributed by atoms with E-state index in [0.717, 1.165) is 4.47 Å². The van der Waals surface area contributed by atoms with Gasteiger partial charge in [-0.15, -0.1) is 0 Å². The van der Waals surface area contributed by atoms with Gasteiger partial charge in [-0.1, -0.05) is 57.3 Å². The third-order valence-electron chi connectivity index (χ3n) is 4.90. The topological polar surface area (TPSA) is 71.0 Å². The zero-order valence-electron chi connectivity index (χ0n) is 17.9. The third-order valence-corrected chi connectivity index (χ3v) is 6.13. The number of amides is 2. The van der Waals surface area contributed by atoms with Crippen molar-refractivity contribution >= 4 is 74.1 Å². The molecule has 0 saturated heterocycles. The molecule has 3 aromatic rings. The highest BCUT2D eigenvalue weighted by atomic mass is 79.9. The number of ether oxygens (including phenoxy) is 1. The van der Waals surface area contributed by atoms with Crippen LogP contribution in [0.4, 0.5) is 11.4 Å². The maximum atomic E-state index is 13.0. The van der Waals surface area contributed by atoms with Gasteiger partial charge in [0.15, 0.2) is 6.61 Å². The van der Waals surface area contributed by atoms with E-state index in [1.54, 1.807) is 43.3 Å². The van der Waals surface area contributed by atoms with Gasteiger partial charge in [0.05, 0.1) is 27.0 Å². The van der Waals surface area contributed by atoms with Gasteiger partial charge >= 0.3 is 0 Å². The van der Waals surface area contributed by atoms with Gasteiger partial charge in [0, 0.05) is 15.7 Å². The molecule has 0 bridgehead atoms. The normalized spacial score (nSPS) is 14.4. The van der Waals surface area contributed by atoms with Crippen LogP contribution >= 0.6 is 39.1 Å². The molecule has 0 unspecified atom stereocenters. The maximum Gasteiger partial charge on any atom is 0.280 e. The van der Waals surface area contributed by atoms with E-state index in [-0.39, 0.29) is 18.4 Å². The van der Waals surface area contributed by atoms with Crippen LogP contribution in [0.1, 0.15) is 12.5 Å². The molecule has 0 fully saturated rings. The van der Waals surface area contributed by atoms with E-state index < -0.39 is 0 Å². The van der Waals surface area contributed by atoms with Crippen LogP contribution in [-0.2, 0) is 9.59 Å². The van der Waals surface area contributed by atoms with E-state index >= 15 is 0 Å². The monoisotopic (exact) mass is 557 g/mol. The molecule has 0 spiro atoms. The summed E-state index contributed by atoms with van der Waals surface area (Å²) in [6, 6.07) is 19.3. The van der Waals surface area contributed by atoms with Crippen molar-refractivity contribution in [3.05, 3.63) is 92.4 Å². The van der Waals surface area contributed by atoms with Crippen molar-refractivity contribution in [1.82, 2.24) is 0 Å². The maximum absolute atomic E-state index is 13.0. The van der Waals surface area contributed by atoms with Crippen LogP contribution in [-0.4, -0.2) is 24.1 Å². The summed E-state index contributed by atoms with van der Waals surface area (Å²) >= 11 is 15.4. The zero-order valence-corrected chi connectivity index (χ0v) is 21.0.